The molecule has 0 aromatic rings. The molecule has 0 saturated carbocycles. The molecule has 0 rings (SSSR count). The van der Waals surface area contributed by atoms with Crippen molar-refractivity contribution in [1.29, 1.82) is 0 Å². The minimum Gasteiger partial charge on any atom is -0.354 e. The smallest absolute Gasteiger partial charge is 0.315 e. The van der Waals surface area contributed by atoms with Gasteiger partial charge >= 0.3 is 6.03 Å². The molecule has 5 nitrogen and oxygen atoms in total. The van der Waals surface area contributed by atoms with E-state index >= 15 is 0 Å². The molecule has 0 radical (unpaired) electrons. The molecular formula is C31H63N3O2. The number of primary amides is 1. The maximum Gasteiger partial charge on any atom is 0.315 e. The number of amides is 3. The SMILES string of the molecule is CCCCCCCCCCCCCCCCN(C(N)=O)[C@@H](CC(C)C)C(=O)NCCCCCCCC. The Labute approximate surface area is 225 Å². The van der Waals surface area contributed by atoms with Crippen LogP contribution in [0.4, 0.5) is 4.79 Å². The molecule has 5 heteroatoms. The van der Waals surface area contributed by atoms with E-state index in [1.165, 1.54) is 103 Å². The third kappa shape index (κ3) is 20.9. The van der Waals surface area contributed by atoms with Crippen molar-refractivity contribution >= 4 is 11.9 Å². The fraction of sp³-hybridized carbons (Fsp3) is 0.935. The number of nitrogens with zero attached hydrogens (tertiary/aromatic N) is 1. The van der Waals surface area contributed by atoms with Crippen LogP contribution in [-0.4, -0.2) is 36.0 Å². The van der Waals surface area contributed by atoms with Crippen LogP contribution in [0.15, 0.2) is 0 Å². The van der Waals surface area contributed by atoms with E-state index in [-0.39, 0.29) is 5.91 Å². The molecule has 0 saturated heterocycles. The van der Waals surface area contributed by atoms with Gasteiger partial charge in [-0.15, -0.1) is 0 Å². The van der Waals surface area contributed by atoms with E-state index in [0.717, 1.165) is 25.7 Å². The molecule has 0 aromatic carbocycles. The molecule has 0 unspecified atom stereocenters. The Bertz CT molecular complexity index is 510. The summed E-state index contributed by atoms with van der Waals surface area (Å²) in [6, 6.07) is -0.922. The van der Waals surface area contributed by atoms with Gasteiger partial charge in [0, 0.05) is 13.1 Å². The van der Waals surface area contributed by atoms with Gasteiger partial charge in [-0.05, 0) is 25.2 Å². The second-order valence-corrected chi connectivity index (χ2v) is 11.3. The molecule has 214 valence electrons. The van der Waals surface area contributed by atoms with E-state index in [2.05, 4.69) is 33.0 Å². The fourth-order valence-electron chi connectivity index (χ4n) is 4.95. The number of nitrogens with one attached hydrogen (secondary N) is 1. The van der Waals surface area contributed by atoms with Crippen LogP contribution < -0.4 is 11.1 Å². The fourth-order valence-corrected chi connectivity index (χ4v) is 4.95. The maximum absolute atomic E-state index is 12.9. The molecule has 1 atom stereocenters. The maximum atomic E-state index is 12.9. The molecule has 0 fully saturated rings. The summed E-state index contributed by atoms with van der Waals surface area (Å²) in [4.78, 5) is 26.8. The van der Waals surface area contributed by atoms with Crippen molar-refractivity contribution in [3.63, 3.8) is 0 Å². The zero-order valence-corrected chi connectivity index (χ0v) is 24.8. The number of hydrogen-bond donors (Lipinski definition) is 2. The summed E-state index contributed by atoms with van der Waals surface area (Å²) in [5.74, 6) is 0.286. The Morgan fingerprint density at radius 1 is 0.639 bits per heavy atom. The van der Waals surface area contributed by atoms with Crippen molar-refractivity contribution in [3.05, 3.63) is 0 Å². The highest BCUT2D eigenvalue weighted by Crippen LogP contribution is 2.16. The van der Waals surface area contributed by atoms with Crippen LogP contribution in [-0.2, 0) is 4.79 Å². The molecule has 0 heterocycles. The number of carbonyl (C=O) groups is 2. The molecule has 0 aliphatic rings. The Morgan fingerprint density at radius 3 is 1.42 bits per heavy atom. The first-order valence-electron chi connectivity index (χ1n) is 15.8. The summed E-state index contributed by atoms with van der Waals surface area (Å²) in [6.07, 6.45) is 26.1. The van der Waals surface area contributed by atoms with Crippen LogP contribution in [0, 0.1) is 5.92 Å². The summed E-state index contributed by atoms with van der Waals surface area (Å²) in [5.41, 5.74) is 5.74. The molecule has 0 bridgehead atoms. The van der Waals surface area contributed by atoms with Gasteiger partial charge < -0.3 is 16.0 Å². The lowest BCUT2D eigenvalue weighted by Crippen LogP contribution is -2.52. The highest BCUT2D eigenvalue weighted by molar-refractivity contribution is 5.86. The van der Waals surface area contributed by atoms with Crippen molar-refractivity contribution in [2.45, 2.75) is 169 Å². The Morgan fingerprint density at radius 2 is 1.03 bits per heavy atom. The van der Waals surface area contributed by atoms with Crippen LogP contribution in [0.1, 0.15) is 163 Å². The van der Waals surface area contributed by atoms with Gasteiger partial charge in [0.25, 0.3) is 0 Å². The van der Waals surface area contributed by atoms with Gasteiger partial charge in [-0.25, -0.2) is 4.79 Å². The minimum absolute atomic E-state index is 0.0404. The van der Waals surface area contributed by atoms with E-state index in [1.54, 1.807) is 4.90 Å². The highest BCUT2D eigenvalue weighted by Gasteiger charge is 2.28. The van der Waals surface area contributed by atoms with Crippen molar-refractivity contribution < 1.29 is 9.59 Å². The second-order valence-electron chi connectivity index (χ2n) is 11.3. The largest absolute Gasteiger partial charge is 0.354 e. The zero-order valence-electron chi connectivity index (χ0n) is 24.8. The van der Waals surface area contributed by atoms with Crippen LogP contribution in [0.5, 0.6) is 0 Å². The van der Waals surface area contributed by atoms with Crippen LogP contribution in [0.25, 0.3) is 0 Å². The second kappa shape index (κ2) is 25.4. The first-order valence-corrected chi connectivity index (χ1v) is 15.8. The van der Waals surface area contributed by atoms with Gasteiger partial charge in [0.05, 0.1) is 0 Å². The third-order valence-electron chi connectivity index (χ3n) is 7.24. The summed E-state index contributed by atoms with van der Waals surface area (Å²) in [5, 5.41) is 3.08. The molecule has 0 aliphatic carbocycles. The average molecular weight is 510 g/mol. The lowest BCUT2D eigenvalue weighted by molar-refractivity contribution is -0.126. The number of unbranched alkanes of at least 4 members (excludes halogenated alkanes) is 18. The number of urea groups is 1. The lowest BCUT2D eigenvalue weighted by Gasteiger charge is -2.30. The number of nitrogens with two attached hydrogens (primary N) is 1. The Kier molecular flexibility index (Phi) is 24.5. The van der Waals surface area contributed by atoms with E-state index in [1.807, 2.05) is 0 Å². The van der Waals surface area contributed by atoms with Gasteiger partial charge in [-0.2, -0.15) is 0 Å². The van der Waals surface area contributed by atoms with Crippen molar-refractivity contribution in [3.8, 4) is 0 Å². The van der Waals surface area contributed by atoms with Crippen molar-refractivity contribution in [2.75, 3.05) is 13.1 Å². The Hall–Kier alpha value is -1.26. The predicted molar refractivity (Wildman–Crippen MR) is 156 cm³/mol. The highest BCUT2D eigenvalue weighted by atomic mass is 16.2. The summed E-state index contributed by atoms with van der Waals surface area (Å²) in [7, 11) is 0. The predicted octanol–water partition coefficient (Wildman–Crippen LogP) is 8.74. The molecule has 3 N–H and O–H groups in total. The minimum atomic E-state index is -0.468. The number of carbonyl (C=O) groups excluding carboxylic acids is 2. The van der Waals surface area contributed by atoms with Gasteiger partial charge in [0.1, 0.15) is 6.04 Å². The normalized spacial score (nSPS) is 12.1. The van der Waals surface area contributed by atoms with Crippen LogP contribution in [0.3, 0.4) is 0 Å². The first kappa shape index (κ1) is 34.7. The molecule has 3 amide bonds. The molecular weight excluding hydrogens is 446 g/mol. The molecule has 0 spiro atoms. The average Bonchev–Trinajstić information content (AvgIpc) is 2.84. The molecule has 0 aromatic heterocycles. The van der Waals surface area contributed by atoms with Gasteiger partial charge in [0.2, 0.25) is 5.91 Å². The number of hydrogen-bond acceptors (Lipinski definition) is 2. The number of rotatable bonds is 26. The lowest BCUT2D eigenvalue weighted by atomic mass is 10.0. The monoisotopic (exact) mass is 509 g/mol. The van der Waals surface area contributed by atoms with E-state index in [9.17, 15) is 9.59 Å². The Balaban J connectivity index is 4.13. The van der Waals surface area contributed by atoms with E-state index in [0.29, 0.717) is 25.4 Å². The van der Waals surface area contributed by atoms with E-state index < -0.39 is 12.1 Å². The first-order chi connectivity index (χ1) is 17.4. The van der Waals surface area contributed by atoms with Crippen molar-refractivity contribution in [2.24, 2.45) is 11.7 Å². The van der Waals surface area contributed by atoms with E-state index in [4.69, 9.17) is 5.73 Å². The van der Waals surface area contributed by atoms with Crippen LogP contribution >= 0.6 is 0 Å². The van der Waals surface area contributed by atoms with Gasteiger partial charge in [-0.3, -0.25) is 4.79 Å². The summed E-state index contributed by atoms with van der Waals surface area (Å²) in [6.45, 7) is 9.95. The van der Waals surface area contributed by atoms with Gasteiger partial charge in [0.15, 0.2) is 0 Å². The zero-order chi connectivity index (χ0) is 26.9. The van der Waals surface area contributed by atoms with Crippen molar-refractivity contribution in [1.82, 2.24) is 10.2 Å². The molecule has 36 heavy (non-hydrogen) atoms. The third-order valence-corrected chi connectivity index (χ3v) is 7.24. The standard InChI is InChI=1S/C31H63N3O2/c1-5-7-9-11-13-14-15-16-17-18-19-20-22-24-26-34(31(32)36)29(27-28(3)4)30(35)33-25-23-21-12-10-8-6-2/h28-29H,5-27H2,1-4H3,(H2,32,36)(H,33,35)/t29-/m0/s1. The summed E-state index contributed by atoms with van der Waals surface area (Å²) < 4.78 is 0. The van der Waals surface area contributed by atoms with Crippen LogP contribution in [0.2, 0.25) is 0 Å². The quantitative estimate of drug-likeness (QED) is 0.114. The molecule has 0 aliphatic heterocycles. The van der Waals surface area contributed by atoms with Gasteiger partial charge in [-0.1, -0.05) is 143 Å². The summed E-state index contributed by atoms with van der Waals surface area (Å²) >= 11 is 0. The topological polar surface area (TPSA) is 75.4 Å².